The zero-order valence-corrected chi connectivity index (χ0v) is 13.7. The number of halogens is 1. The molecule has 0 spiro atoms. The summed E-state index contributed by atoms with van der Waals surface area (Å²) in [5.41, 5.74) is 1.34. The lowest BCUT2D eigenvalue weighted by molar-refractivity contribution is 0.191. The largest absolute Gasteiger partial charge is 0.385 e. The van der Waals surface area contributed by atoms with Crippen molar-refractivity contribution in [1.82, 2.24) is 5.32 Å². The van der Waals surface area contributed by atoms with Gasteiger partial charge in [-0.3, -0.25) is 0 Å². The second kappa shape index (κ2) is 10.2. The van der Waals surface area contributed by atoms with E-state index in [1.54, 1.807) is 7.11 Å². The van der Waals surface area contributed by atoms with Crippen molar-refractivity contribution >= 4 is 11.6 Å². The smallest absolute Gasteiger partial charge is 0.0462 e. The molecule has 1 rings (SSSR count). The molecule has 3 heteroatoms. The Morgan fingerprint density at radius 3 is 2.65 bits per heavy atom. The molecule has 0 aromatic heterocycles. The molecule has 0 heterocycles. The minimum atomic E-state index is 0.532. The second-order valence-corrected chi connectivity index (χ2v) is 6.23. The molecule has 0 aliphatic carbocycles. The molecule has 1 N–H and O–H groups in total. The monoisotopic (exact) mass is 297 g/mol. The molecule has 1 atom stereocenters. The molecule has 114 valence electrons. The van der Waals surface area contributed by atoms with Crippen LogP contribution in [0.2, 0.25) is 5.02 Å². The first kappa shape index (κ1) is 17.5. The molecule has 0 amide bonds. The molecule has 1 aromatic carbocycles. The lowest BCUT2D eigenvalue weighted by Crippen LogP contribution is -2.25. The Hall–Kier alpha value is -0.570. The third-order valence-electron chi connectivity index (χ3n) is 3.41. The van der Waals surface area contributed by atoms with E-state index in [9.17, 15) is 0 Å². The van der Waals surface area contributed by atoms with Crippen molar-refractivity contribution in [3.05, 3.63) is 34.9 Å². The Morgan fingerprint density at radius 1 is 1.20 bits per heavy atom. The molecule has 0 saturated carbocycles. The van der Waals surface area contributed by atoms with Crippen molar-refractivity contribution in [2.45, 2.75) is 39.0 Å². The predicted octanol–water partition coefficient (Wildman–Crippen LogP) is 4.49. The summed E-state index contributed by atoms with van der Waals surface area (Å²) in [5.74, 6) is 1.22. The summed E-state index contributed by atoms with van der Waals surface area (Å²) in [6, 6.07) is 8.26. The Morgan fingerprint density at radius 2 is 2.00 bits per heavy atom. The fraction of sp³-hybridized carbons (Fsp3) is 0.647. The van der Waals surface area contributed by atoms with Gasteiger partial charge in [0.05, 0.1) is 0 Å². The van der Waals surface area contributed by atoms with Gasteiger partial charge in [-0.1, -0.05) is 44.0 Å². The molecule has 0 radical (unpaired) electrons. The molecule has 0 fully saturated rings. The van der Waals surface area contributed by atoms with Gasteiger partial charge in [0.2, 0.25) is 0 Å². The Bertz CT molecular complexity index is 368. The van der Waals surface area contributed by atoms with E-state index < -0.39 is 0 Å². The zero-order chi connectivity index (χ0) is 14.8. The molecule has 2 nitrogen and oxygen atoms in total. The lowest BCUT2D eigenvalue weighted by Gasteiger charge is -2.19. The summed E-state index contributed by atoms with van der Waals surface area (Å²) in [6.07, 6.45) is 3.49. The average Bonchev–Trinajstić information content (AvgIpc) is 2.41. The van der Waals surface area contributed by atoms with E-state index in [2.05, 4.69) is 31.3 Å². The highest BCUT2D eigenvalue weighted by atomic mass is 35.5. The Kier molecular flexibility index (Phi) is 8.92. The second-order valence-electron chi connectivity index (χ2n) is 5.79. The Balaban J connectivity index is 2.53. The zero-order valence-electron chi connectivity index (χ0n) is 13.0. The van der Waals surface area contributed by atoms with E-state index in [4.69, 9.17) is 16.3 Å². The number of nitrogens with one attached hydrogen (secondary N) is 1. The number of ether oxygens (including phenoxy) is 1. The normalized spacial score (nSPS) is 12.8. The topological polar surface area (TPSA) is 21.3 Å². The van der Waals surface area contributed by atoms with Crippen molar-refractivity contribution in [1.29, 1.82) is 0 Å². The van der Waals surface area contributed by atoms with Gasteiger partial charge in [0.25, 0.3) is 0 Å². The van der Waals surface area contributed by atoms with Gasteiger partial charge in [-0.05, 0) is 48.9 Å². The summed E-state index contributed by atoms with van der Waals surface area (Å²) in [6.45, 7) is 7.41. The van der Waals surface area contributed by atoms with Crippen LogP contribution < -0.4 is 5.32 Å². The van der Waals surface area contributed by atoms with Crippen LogP contribution in [0.1, 0.15) is 44.6 Å². The van der Waals surface area contributed by atoms with E-state index in [1.807, 2.05) is 12.1 Å². The number of hydrogen-bond acceptors (Lipinski definition) is 2. The van der Waals surface area contributed by atoms with Crippen molar-refractivity contribution < 1.29 is 4.74 Å². The maximum absolute atomic E-state index is 6.12. The van der Waals surface area contributed by atoms with Gasteiger partial charge in [0.1, 0.15) is 0 Å². The predicted molar refractivity (Wildman–Crippen MR) is 87.6 cm³/mol. The standard InChI is InChI=1S/C17H28ClNO/c1-14(2)12-19-13-16(7-4-5-10-20-3)15-8-6-9-17(18)11-15/h6,8-9,11,14,16,19H,4-5,7,10,12-13H2,1-3H3. The number of hydrogen-bond donors (Lipinski definition) is 1. The SMILES string of the molecule is COCCCCC(CNCC(C)C)c1cccc(Cl)c1. The van der Waals surface area contributed by atoms with Crippen LogP contribution in [0.3, 0.4) is 0 Å². The first-order valence-corrected chi connectivity index (χ1v) is 7.96. The van der Waals surface area contributed by atoms with E-state index in [-0.39, 0.29) is 0 Å². The van der Waals surface area contributed by atoms with Crippen molar-refractivity contribution in [2.24, 2.45) is 5.92 Å². The number of benzene rings is 1. The van der Waals surface area contributed by atoms with Crippen LogP contribution in [0.25, 0.3) is 0 Å². The van der Waals surface area contributed by atoms with Gasteiger partial charge < -0.3 is 10.1 Å². The van der Waals surface area contributed by atoms with Gasteiger partial charge in [-0.25, -0.2) is 0 Å². The van der Waals surface area contributed by atoms with E-state index in [0.717, 1.165) is 31.1 Å². The van der Waals surface area contributed by atoms with Crippen molar-refractivity contribution in [3.63, 3.8) is 0 Å². The summed E-state index contributed by atoms with van der Waals surface area (Å²) < 4.78 is 5.12. The van der Waals surface area contributed by atoms with E-state index in [1.165, 1.54) is 18.4 Å². The lowest BCUT2D eigenvalue weighted by atomic mass is 9.93. The van der Waals surface area contributed by atoms with Crippen molar-refractivity contribution in [2.75, 3.05) is 26.8 Å². The molecular weight excluding hydrogens is 270 g/mol. The Labute approximate surface area is 128 Å². The number of rotatable bonds is 10. The molecule has 1 aromatic rings. The molecule has 0 aliphatic rings. The van der Waals surface area contributed by atoms with Crippen LogP contribution in [0, 0.1) is 5.92 Å². The molecule has 0 aliphatic heterocycles. The molecule has 0 bridgehead atoms. The van der Waals surface area contributed by atoms with Crippen LogP contribution in [0.15, 0.2) is 24.3 Å². The highest BCUT2D eigenvalue weighted by Crippen LogP contribution is 2.24. The fourth-order valence-electron chi connectivity index (χ4n) is 2.33. The van der Waals surface area contributed by atoms with Gasteiger partial charge in [0, 0.05) is 25.3 Å². The third-order valence-corrected chi connectivity index (χ3v) is 3.65. The van der Waals surface area contributed by atoms with Crippen LogP contribution in [0.4, 0.5) is 0 Å². The fourth-order valence-corrected chi connectivity index (χ4v) is 2.53. The van der Waals surface area contributed by atoms with Crippen LogP contribution in [0.5, 0.6) is 0 Å². The van der Waals surface area contributed by atoms with Gasteiger partial charge >= 0.3 is 0 Å². The summed E-state index contributed by atoms with van der Waals surface area (Å²) in [5, 5.41) is 4.40. The molecular formula is C17H28ClNO. The molecule has 0 saturated heterocycles. The van der Waals surface area contributed by atoms with Gasteiger partial charge in [-0.15, -0.1) is 0 Å². The molecule has 1 unspecified atom stereocenters. The summed E-state index contributed by atoms with van der Waals surface area (Å²) in [7, 11) is 1.76. The quantitative estimate of drug-likeness (QED) is 0.643. The van der Waals surface area contributed by atoms with E-state index in [0.29, 0.717) is 11.8 Å². The maximum Gasteiger partial charge on any atom is 0.0462 e. The maximum atomic E-state index is 6.12. The summed E-state index contributed by atoms with van der Waals surface area (Å²) in [4.78, 5) is 0. The van der Waals surface area contributed by atoms with Gasteiger partial charge in [-0.2, -0.15) is 0 Å². The van der Waals surface area contributed by atoms with Crippen molar-refractivity contribution in [3.8, 4) is 0 Å². The summed E-state index contributed by atoms with van der Waals surface area (Å²) >= 11 is 6.12. The highest BCUT2D eigenvalue weighted by Gasteiger charge is 2.11. The van der Waals surface area contributed by atoms with Crippen LogP contribution in [-0.4, -0.2) is 26.8 Å². The number of methoxy groups -OCH3 is 1. The minimum absolute atomic E-state index is 0.532. The van der Waals surface area contributed by atoms with E-state index >= 15 is 0 Å². The average molecular weight is 298 g/mol. The third kappa shape index (κ3) is 7.28. The first-order valence-electron chi connectivity index (χ1n) is 7.58. The van der Waals surface area contributed by atoms with Crippen LogP contribution >= 0.6 is 11.6 Å². The highest BCUT2D eigenvalue weighted by molar-refractivity contribution is 6.30. The van der Waals surface area contributed by atoms with Crippen LogP contribution in [-0.2, 0) is 4.74 Å². The molecule has 20 heavy (non-hydrogen) atoms. The first-order chi connectivity index (χ1) is 9.63. The minimum Gasteiger partial charge on any atom is -0.385 e. The number of unbranched alkanes of at least 4 members (excludes halogenated alkanes) is 1. The van der Waals surface area contributed by atoms with Gasteiger partial charge in [0.15, 0.2) is 0 Å².